The molecule has 1 heterocycles. The number of fused-ring (bicyclic) bond motifs is 1. The van der Waals surface area contributed by atoms with Crippen molar-refractivity contribution in [1.29, 1.82) is 0 Å². The highest BCUT2D eigenvalue weighted by Gasteiger charge is 2.29. The average Bonchev–Trinajstić information content (AvgIpc) is 3.01. The van der Waals surface area contributed by atoms with Crippen molar-refractivity contribution < 1.29 is 24.0 Å². The van der Waals surface area contributed by atoms with Crippen LogP contribution >= 0.6 is 0 Å². The van der Waals surface area contributed by atoms with Crippen LogP contribution in [0.5, 0.6) is 0 Å². The first-order valence-electron chi connectivity index (χ1n) is 7.93. The molecule has 0 aromatic heterocycles. The number of esters is 1. The molecular formula is C18H18BNO5. The summed E-state index contributed by atoms with van der Waals surface area (Å²) < 4.78 is 9.92. The first-order valence-corrected chi connectivity index (χ1v) is 7.93. The number of rotatable bonds is 5. The lowest BCUT2D eigenvalue weighted by atomic mass is 9.78. The van der Waals surface area contributed by atoms with Gasteiger partial charge in [0, 0.05) is 12.0 Å². The van der Waals surface area contributed by atoms with Gasteiger partial charge in [-0.1, -0.05) is 36.4 Å². The Labute approximate surface area is 145 Å². The maximum atomic E-state index is 12.5. The van der Waals surface area contributed by atoms with Crippen LogP contribution in [0.1, 0.15) is 21.5 Å². The number of hydrogen-bond donors (Lipinski definition) is 2. The summed E-state index contributed by atoms with van der Waals surface area (Å²) in [6, 6.07) is 13.6. The van der Waals surface area contributed by atoms with E-state index >= 15 is 0 Å². The Kier molecular flexibility index (Phi) is 5.16. The number of hydrogen-bond acceptors (Lipinski definition) is 5. The van der Waals surface area contributed by atoms with Crippen molar-refractivity contribution in [2.45, 2.75) is 19.1 Å². The van der Waals surface area contributed by atoms with Crippen LogP contribution in [0.3, 0.4) is 0 Å². The number of methoxy groups -OCH3 is 1. The fourth-order valence-corrected chi connectivity index (χ4v) is 2.78. The number of nitrogens with one attached hydrogen (secondary N) is 1. The van der Waals surface area contributed by atoms with Crippen molar-refractivity contribution in [3.63, 3.8) is 0 Å². The lowest BCUT2D eigenvalue weighted by molar-refractivity contribution is -0.142. The number of ether oxygens (including phenoxy) is 1. The van der Waals surface area contributed by atoms with Gasteiger partial charge in [-0.25, -0.2) is 4.79 Å². The number of carbonyl (C=O) groups is 2. The third-order valence-corrected chi connectivity index (χ3v) is 4.14. The highest BCUT2D eigenvalue weighted by Crippen LogP contribution is 2.12. The van der Waals surface area contributed by atoms with E-state index in [1.165, 1.54) is 7.11 Å². The van der Waals surface area contributed by atoms with Gasteiger partial charge in [-0.3, -0.25) is 4.79 Å². The Balaban J connectivity index is 1.76. The van der Waals surface area contributed by atoms with Crippen LogP contribution in [0.15, 0.2) is 48.5 Å². The first kappa shape index (κ1) is 17.2. The largest absolute Gasteiger partial charge is 0.491 e. The van der Waals surface area contributed by atoms with Gasteiger partial charge in [-0.15, -0.1) is 0 Å². The van der Waals surface area contributed by atoms with Crippen molar-refractivity contribution in [3.8, 4) is 0 Å². The van der Waals surface area contributed by atoms with Crippen molar-refractivity contribution in [2.24, 2.45) is 0 Å². The van der Waals surface area contributed by atoms with Crippen LogP contribution < -0.4 is 10.8 Å². The Bertz CT molecular complexity index is 780. The second-order valence-corrected chi connectivity index (χ2v) is 5.82. The van der Waals surface area contributed by atoms with Crippen LogP contribution in [0, 0.1) is 0 Å². The van der Waals surface area contributed by atoms with Gasteiger partial charge in [0.15, 0.2) is 0 Å². The molecule has 0 radical (unpaired) electrons. The molecule has 7 heteroatoms. The Hall–Kier alpha value is -2.64. The highest BCUT2D eigenvalue weighted by atomic mass is 16.5. The van der Waals surface area contributed by atoms with Gasteiger partial charge in [-0.05, 0) is 28.7 Å². The molecule has 0 aliphatic carbocycles. The quantitative estimate of drug-likeness (QED) is 0.609. The molecule has 0 fully saturated rings. The van der Waals surface area contributed by atoms with E-state index in [0.717, 1.165) is 11.1 Å². The molecule has 0 saturated carbocycles. The Morgan fingerprint density at radius 2 is 2.04 bits per heavy atom. The maximum Gasteiger partial charge on any atom is 0.491 e. The number of carbonyl (C=O) groups excluding carboxylic acids is 2. The Morgan fingerprint density at radius 3 is 2.76 bits per heavy atom. The summed E-state index contributed by atoms with van der Waals surface area (Å²) in [5, 5.41) is 12.5. The van der Waals surface area contributed by atoms with Crippen molar-refractivity contribution in [3.05, 3.63) is 65.2 Å². The summed E-state index contributed by atoms with van der Waals surface area (Å²) in [6.07, 6.45) is 0.329. The second-order valence-electron chi connectivity index (χ2n) is 5.82. The summed E-state index contributed by atoms with van der Waals surface area (Å²) >= 11 is 0. The summed E-state index contributed by atoms with van der Waals surface area (Å²) in [4.78, 5) is 24.6. The zero-order valence-corrected chi connectivity index (χ0v) is 13.8. The maximum absolute atomic E-state index is 12.5. The van der Waals surface area contributed by atoms with Crippen LogP contribution in [0.25, 0.3) is 0 Å². The summed E-state index contributed by atoms with van der Waals surface area (Å²) in [5.41, 5.74) is 2.68. The molecule has 3 rings (SSSR count). The third-order valence-electron chi connectivity index (χ3n) is 4.14. The molecule has 2 N–H and O–H groups in total. The van der Waals surface area contributed by atoms with Crippen molar-refractivity contribution >= 4 is 24.5 Å². The van der Waals surface area contributed by atoms with Gasteiger partial charge < -0.3 is 19.7 Å². The molecule has 1 aliphatic heterocycles. The van der Waals surface area contributed by atoms with Gasteiger partial charge in [0.25, 0.3) is 5.91 Å². The third kappa shape index (κ3) is 3.89. The average molecular weight is 339 g/mol. The molecule has 1 aliphatic rings. The van der Waals surface area contributed by atoms with Crippen molar-refractivity contribution in [2.75, 3.05) is 7.11 Å². The van der Waals surface area contributed by atoms with E-state index in [9.17, 15) is 14.6 Å². The van der Waals surface area contributed by atoms with E-state index in [4.69, 9.17) is 9.39 Å². The fourth-order valence-electron chi connectivity index (χ4n) is 2.78. The minimum Gasteiger partial charge on any atom is -0.467 e. The van der Waals surface area contributed by atoms with E-state index in [1.807, 2.05) is 30.3 Å². The number of amides is 1. The van der Waals surface area contributed by atoms with E-state index in [2.05, 4.69) is 5.32 Å². The summed E-state index contributed by atoms with van der Waals surface area (Å²) in [7, 11) is 0.263. The van der Waals surface area contributed by atoms with Crippen LogP contribution in [-0.4, -0.2) is 37.2 Å². The molecule has 1 atom stereocenters. The molecule has 2 aromatic rings. The fraction of sp³-hybridized carbons (Fsp3) is 0.222. The predicted octanol–water partition coefficient (Wildman–Crippen LogP) is 0.418. The molecule has 2 aromatic carbocycles. The minimum absolute atomic E-state index is 0.317. The molecule has 128 valence electrons. The Morgan fingerprint density at radius 1 is 1.28 bits per heavy atom. The standard InChI is InChI=1S/C18H18BNO5/c1-24-18(22)16(9-12-5-3-2-4-6-12)20-17(21)13-7-8-14-11-25-19(23)15(14)10-13/h2-8,10,16,23H,9,11H2,1H3,(H,20,21)/t16-/m1/s1. The zero-order valence-electron chi connectivity index (χ0n) is 13.8. The van der Waals surface area contributed by atoms with Gasteiger partial charge in [0.05, 0.1) is 13.7 Å². The monoisotopic (exact) mass is 339 g/mol. The second kappa shape index (κ2) is 7.50. The first-order chi connectivity index (χ1) is 12.1. The molecule has 0 spiro atoms. The topological polar surface area (TPSA) is 84.9 Å². The van der Waals surface area contributed by atoms with E-state index in [1.54, 1.807) is 18.2 Å². The smallest absolute Gasteiger partial charge is 0.467 e. The van der Waals surface area contributed by atoms with E-state index in [0.29, 0.717) is 24.1 Å². The molecule has 1 amide bonds. The van der Waals surface area contributed by atoms with E-state index in [-0.39, 0.29) is 0 Å². The van der Waals surface area contributed by atoms with Gasteiger partial charge in [-0.2, -0.15) is 0 Å². The van der Waals surface area contributed by atoms with Gasteiger partial charge >= 0.3 is 13.1 Å². The van der Waals surface area contributed by atoms with Crippen LogP contribution in [0.2, 0.25) is 0 Å². The molecule has 0 unspecified atom stereocenters. The summed E-state index contributed by atoms with van der Waals surface area (Å²) in [6.45, 7) is 0.317. The SMILES string of the molecule is COC(=O)[C@@H](Cc1ccccc1)NC(=O)c1ccc2c(c1)B(O)OC2. The molecule has 0 saturated heterocycles. The van der Waals surface area contributed by atoms with E-state index < -0.39 is 25.0 Å². The molecule has 25 heavy (non-hydrogen) atoms. The van der Waals surface area contributed by atoms with Crippen LogP contribution in [-0.2, 0) is 27.2 Å². The minimum atomic E-state index is -1.02. The molecular weight excluding hydrogens is 321 g/mol. The van der Waals surface area contributed by atoms with Gasteiger partial charge in [0.2, 0.25) is 0 Å². The molecule has 0 bridgehead atoms. The van der Waals surface area contributed by atoms with Gasteiger partial charge in [0.1, 0.15) is 6.04 Å². The van der Waals surface area contributed by atoms with Crippen LogP contribution in [0.4, 0.5) is 0 Å². The highest BCUT2D eigenvalue weighted by molar-refractivity contribution is 6.61. The summed E-state index contributed by atoms with van der Waals surface area (Å²) in [5.74, 6) is -0.921. The predicted molar refractivity (Wildman–Crippen MR) is 92.3 cm³/mol. The lowest BCUT2D eigenvalue weighted by Gasteiger charge is -2.17. The lowest BCUT2D eigenvalue weighted by Crippen LogP contribution is -2.43. The number of benzene rings is 2. The normalized spacial score (nSPS) is 13.9. The van der Waals surface area contributed by atoms with Crippen molar-refractivity contribution in [1.82, 2.24) is 5.32 Å². The zero-order chi connectivity index (χ0) is 17.8. The molecule has 6 nitrogen and oxygen atoms in total.